The van der Waals surface area contributed by atoms with E-state index in [1.807, 2.05) is 0 Å². The summed E-state index contributed by atoms with van der Waals surface area (Å²) in [5.41, 5.74) is 1.25. The van der Waals surface area contributed by atoms with Crippen LogP contribution in [0.4, 0.5) is 5.69 Å². The van der Waals surface area contributed by atoms with Gasteiger partial charge in [-0.05, 0) is 12.1 Å². The average Bonchev–Trinajstić information content (AvgIpc) is 2.53. The second-order valence-corrected chi connectivity index (χ2v) is 5.61. The Morgan fingerprint density at radius 1 is 1.21 bits per heavy atom. The van der Waals surface area contributed by atoms with Gasteiger partial charge in [0.05, 0.1) is 11.8 Å². The highest BCUT2D eigenvalue weighted by atomic mass is 16.6. The second-order valence-electron chi connectivity index (χ2n) is 5.61. The lowest BCUT2D eigenvalue weighted by Crippen LogP contribution is -2.53. The van der Waals surface area contributed by atoms with Crippen LogP contribution in [0, 0.1) is 0 Å². The smallest absolute Gasteiger partial charge is 0.143 e. The van der Waals surface area contributed by atoms with Gasteiger partial charge in [0.25, 0.3) is 0 Å². The lowest BCUT2D eigenvalue weighted by molar-refractivity contribution is -0.110. The van der Waals surface area contributed by atoms with Crippen molar-refractivity contribution in [2.75, 3.05) is 31.1 Å². The van der Waals surface area contributed by atoms with Gasteiger partial charge in [-0.25, -0.2) is 0 Å². The summed E-state index contributed by atoms with van der Waals surface area (Å²) in [4.78, 5) is 2.50. The van der Waals surface area contributed by atoms with E-state index in [1.54, 1.807) is 0 Å². The second kappa shape index (κ2) is 4.69. The zero-order valence-corrected chi connectivity index (χ0v) is 11.0. The maximum absolute atomic E-state index is 6.26. The topological polar surface area (TPSA) is 33.7 Å². The Balaban J connectivity index is 1.68. The summed E-state index contributed by atoms with van der Waals surface area (Å²) in [5.74, 6) is 1.02. The average molecular weight is 260 g/mol. The number of fused-ring (bicyclic) bond motifs is 3. The first-order chi connectivity index (χ1) is 9.42. The van der Waals surface area contributed by atoms with Crippen LogP contribution in [0.25, 0.3) is 0 Å². The number of para-hydroxylation sites is 2. The van der Waals surface area contributed by atoms with E-state index in [-0.39, 0.29) is 12.2 Å². The fourth-order valence-electron chi connectivity index (χ4n) is 3.34. The molecule has 0 aromatic heterocycles. The molecular weight excluding hydrogens is 240 g/mol. The van der Waals surface area contributed by atoms with Gasteiger partial charge in [-0.2, -0.15) is 0 Å². The molecule has 0 saturated carbocycles. The Kier molecular flexibility index (Phi) is 2.85. The van der Waals surface area contributed by atoms with Gasteiger partial charge in [0.15, 0.2) is 0 Å². The van der Waals surface area contributed by atoms with Crippen molar-refractivity contribution in [3.63, 3.8) is 0 Å². The number of anilines is 1. The number of rotatable bonds is 1. The molecule has 4 nitrogen and oxygen atoms in total. The zero-order valence-electron chi connectivity index (χ0n) is 11.0. The van der Waals surface area contributed by atoms with Gasteiger partial charge in [0.1, 0.15) is 11.9 Å². The maximum Gasteiger partial charge on any atom is 0.143 e. The molecule has 3 aliphatic rings. The molecule has 3 aliphatic heterocycles. The largest absolute Gasteiger partial charge is 0.485 e. The normalized spacial score (nSPS) is 33.5. The predicted octanol–water partition coefficient (Wildman–Crippen LogP) is 1.40. The molecule has 2 unspecified atom stereocenters. The SMILES string of the molecule is c1ccc2c(c1)O[C@@H](C1CCO1)CC1CNCCN21. The van der Waals surface area contributed by atoms with Crippen molar-refractivity contribution in [1.82, 2.24) is 5.32 Å². The molecule has 3 heterocycles. The summed E-state index contributed by atoms with van der Waals surface area (Å²) < 4.78 is 11.9. The van der Waals surface area contributed by atoms with Crippen molar-refractivity contribution in [3.05, 3.63) is 24.3 Å². The van der Waals surface area contributed by atoms with Gasteiger partial charge in [0.2, 0.25) is 0 Å². The van der Waals surface area contributed by atoms with Crippen molar-refractivity contribution in [2.45, 2.75) is 31.1 Å². The van der Waals surface area contributed by atoms with Crippen molar-refractivity contribution in [2.24, 2.45) is 0 Å². The minimum atomic E-state index is 0.199. The van der Waals surface area contributed by atoms with E-state index < -0.39 is 0 Å². The van der Waals surface area contributed by atoms with E-state index >= 15 is 0 Å². The van der Waals surface area contributed by atoms with Crippen LogP contribution in [0.1, 0.15) is 12.8 Å². The van der Waals surface area contributed by atoms with Crippen LogP contribution in [-0.4, -0.2) is 44.5 Å². The minimum absolute atomic E-state index is 0.199. The van der Waals surface area contributed by atoms with Gasteiger partial charge in [-0.3, -0.25) is 0 Å². The van der Waals surface area contributed by atoms with Crippen LogP contribution in [-0.2, 0) is 4.74 Å². The van der Waals surface area contributed by atoms with Gasteiger partial charge in [-0.15, -0.1) is 0 Å². The quantitative estimate of drug-likeness (QED) is 0.827. The molecule has 4 rings (SSSR count). The van der Waals surface area contributed by atoms with Gasteiger partial charge in [0, 0.05) is 45.1 Å². The Morgan fingerprint density at radius 3 is 2.95 bits per heavy atom. The molecule has 1 aromatic rings. The molecule has 2 fully saturated rings. The number of piperazine rings is 1. The summed E-state index contributed by atoms with van der Waals surface area (Å²) in [6.07, 6.45) is 2.67. The summed E-state index contributed by atoms with van der Waals surface area (Å²) in [7, 11) is 0. The molecular formula is C15H20N2O2. The number of nitrogens with one attached hydrogen (secondary N) is 1. The van der Waals surface area contributed by atoms with Crippen LogP contribution in [0.15, 0.2) is 24.3 Å². The molecule has 1 aromatic carbocycles. The Labute approximate surface area is 113 Å². The monoisotopic (exact) mass is 260 g/mol. The molecule has 0 amide bonds. The number of benzene rings is 1. The first-order valence-electron chi connectivity index (χ1n) is 7.26. The van der Waals surface area contributed by atoms with E-state index in [0.717, 1.165) is 44.8 Å². The summed E-state index contributed by atoms with van der Waals surface area (Å²) in [5, 5.41) is 3.50. The molecule has 0 spiro atoms. The van der Waals surface area contributed by atoms with Crippen LogP contribution in [0.2, 0.25) is 0 Å². The highest BCUT2D eigenvalue weighted by Crippen LogP contribution is 2.37. The molecule has 0 radical (unpaired) electrons. The molecule has 4 heteroatoms. The van der Waals surface area contributed by atoms with Gasteiger partial charge >= 0.3 is 0 Å². The molecule has 3 atom stereocenters. The minimum Gasteiger partial charge on any atom is -0.485 e. The number of ether oxygens (including phenoxy) is 2. The van der Waals surface area contributed by atoms with E-state index in [0.29, 0.717) is 6.04 Å². The van der Waals surface area contributed by atoms with E-state index in [4.69, 9.17) is 9.47 Å². The number of hydrogen-bond acceptors (Lipinski definition) is 4. The molecule has 102 valence electrons. The molecule has 0 bridgehead atoms. The van der Waals surface area contributed by atoms with Crippen molar-refractivity contribution >= 4 is 5.69 Å². The van der Waals surface area contributed by atoms with Crippen LogP contribution in [0.5, 0.6) is 5.75 Å². The summed E-state index contributed by atoms with van der Waals surface area (Å²) in [6, 6.07) is 8.94. The van der Waals surface area contributed by atoms with E-state index in [1.165, 1.54) is 5.69 Å². The number of nitrogens with zero attached hydrogens (tertiary/aromatic N) is 1. The van der Waals surface area contributed by atoms with Gasteiger partial charge < -0.3 is 19.7 Å². The number of hydrogen-bond donors (Lipinski definition) is 1. The Bertz CT molecular complexity index is 461. The van der Waals surface area contributed by atoms with Gasteiger partial charge in [-0.1, -0.05) is 12.1 Å². The predicted molar refractivity (Wildman–Crippen MR) is 73.8 cm³/mol. The zero-order chi connectivity index (χ0) is 12.7. The van der Waals surface area contributed by atoms with Crippen molar-refractivity contribution in [3.8, 4) is 5.75 Å². The molecule has 0 aliphatic carbocycles. The lowest BCUT2D eigenvalue weighted by atomic mass is 9.98. The first kappa shape index (κ1) is 11.6. The van der Waals surface area contributed by atoms with Crippen LogP contribution in [0.3, 0.4) is 0 Å². The van der Waals surface area contributed by atoms with Crippen molar-refractivity contribution in [1.29, 1.82) is 0 Å². The maximum atomic E-state index is 6.26. The highest BCUT2D eigenvalue weighted by molar-refractivity contribution is 5.60. The van der Waals surface area contributed by atoms with E-state index in [9.17, 15) is 0 Å². The van der Waals surface area contributed by atoms with Crippen LogP contribution < -0.4 is 15.0 Å². The first-order valence-corrected chi connectivity index (χ1v) is 7.26. The third kappa shape index (κ3) is 1.99. The fraction of sp³-hybridized carbons (Fsp3) is 0.600. The Hall–Kier alpha value is -1.26. The third-order valence-electron chi connectivity index (χ3n) is 4.46. The third-order valence-corrected chi connectivity index (χ3v) is 4.46. The highest BCUT2D eigenvalue weighted by Gasteiger charge is 2.38. The fourth-order valence-corrected chi connectivity index (χ4v) is 3.34. The lowest BCUT2D eigenvalue weighted by Gasteiger charge is -2.38. The van der Waals surface area contributed by atoms with Crippen LogP contribution >= 0.6 is 0 Å². The standard InChI is InChI=1S/C15H20N2O2/c1-2-4-13-12(3-1)17-7-6-16-10-11(17)9-15(19-13)14-5-8-18-14/h1-4,11,14-16H,5-10H2/t11?,14?,15-/m1/s1. The molecule has 2 saturated heterocycles. The Morgan fingerprint density at radius 2 is 2.11 bits per heavy atom. The molecule has 19 heavy (non-hydrogen) atoms. The van der Waals surface area contributed by atoms with E-state index in [2.05, 4.69) is 34.5 Å². The summed E-state index contributed by atoms with van der Waals surface area (Å²) >= 11 is 0. The van der Waals surface area contributed by atoms with Crippen molar-refractivity contribution < 1.29 is 9.47 Å². The molecule has 1 N–H and O–H groups in total. The summed E-state index contributed by atoms with van der Waals surface area (Å²) in [6.45, 7) is 4.04.